The van der Waals surface area contributed by atoms with Crippen LogP contribution in [0.1, 0.15) is 35.2 Å². The first-order chi connectivity index (χ1) is 22.6. The van der Waals surface area contributed by atoms with Gasteiger partial charge in [0.15, 0.2) is 0 Å². The summed E-state index contributed by atoms with van der Waals surface area (Å²) < 4.78 is 55.5. The van der Waals surface area contributed by atoms with E-state index in [0.717, 1.165) is 35.1 Å². The smallest absolute Gasteiger partial charge is 0.416 e. The molecule has 2 aromatic carbocycles. The molecule has 3 rings (SSSR count). The summed E-state index contributed by atoms with van der Waals surface area (Å²) in [5.41, 5.74) is 5.94. The Hall–Kier alpha value is -4.98. The third-order valence-corrected chi connectivity index (χ3v) is 7.50. The number of esters is 1. The number of ether oxygens (including phenoxy) is 3. The molecule has 0 spiro atoms. The number of aliphatic hydroxyl groups is 1. The third kappa shape index (κ3) is 9.77. The molecule has 13 nitrogen and oxygen atoms in total. The lowest BCUT2D eigenvalue weighted by molar-refractivity contribution is -0.890. The SMILES string of the molecule is COC(=O)C1=C(C)N(c2cccc(C(F)(F)F)c2)C(=N)N(C(N)=O)[C@@H]1c1ccc(C#N)cc1CC[N+](C)(C)CCOCCO.COC=O. The quantitative estimate of drug-likeness (QED) is 0.132. The van der Waals surface area contributed by atoms with Gasteiger partial charge in [-0.25, -0.2) is 9.59 Å². The van der Waals surface area contributed by atoms with Crippen molar-refractivity contribution in [1.82, 2.24) is 4.90 Å². The van der Waals surface area contributed by atoms with Crippen LogP contribution in [0.3, 0.4) is 0 Å². The fraction of sp³-hybridized carbons (Fsp3) is 0.406. The molecule has 1 heterocycles. The van der Waals surface area contributed by atoms with Crippen LogP contribution in [0, 0.1) is 16.7 Å². The number of hydrogen-bond donors (Lipinski definition) is 3. The van der Waals surface area contributed by atoms with Crippen LogP contribution in [0.5, 0.6) is 0 Å². The van der Waals surface area contributed by atoms with Crippen LogP contribution in [0.25, 0.3) is 0 Å². The van der Waals surface area contributed by atoms with E-state index in [2.05, 4.69) is 10.8 Å². The highest BCUT2D eigenvalue weighted by atomic mass is 19.4. The number of alkyl halides is 3. The molecule has 0 saturated carbocycles. The van der Waals surface area contributed by atoms with Crippen LogP contribution >= 0.6 is 0 Å². The van der Waals surface area contributed by atoms with Crippen molar-refractivity contribution in [2.45, 2.75) is 25.6 Å². The number of guanidine groups is 1. The van der Waals surface area contributed by atoms with E-state index in [1.54, 1.807) is 12.1 Å². The van der Waals surface area contributed by atoms with E-state index in [9.17, 15) is 28.0 Å². The second-order valence-electron chi connectivity index (χ2n) is 11.1. The number of aliphatic hydroxyl groups excluding tert-OH is 1. The summed E-state index contributed by atoms with van der Waals surface area (Å²) in [6.07, 6.45) is -4.31. The van der Waals surface area contributed by atoms with Crippen molar-refractivity contribution in [3.63, 3.8) is 0 Å². The normalized spacial score (nSPS) is 14.9. The molecule has 1 atom stereocenters. The van der Waals surface area contributed by atoms with Crippen LogP contribution in [-0.4, -0.2) is 100 Å². The number of quaternary nitrogens is 1. The van der Waals surface area contributed by atoms with Crippen molar-refractivity contribution in [1.29, 1.82) is 10.7 Å². The molecule has 4 N–H and O–H groups in total. The Bertz CT molecular complexity index is 1560. The highest BCUT2D eigenvalue weighted by Crippen LogP contribution is 2.42. The molecule has 2 amide bonds. The molecule has 1 aliphatic rings. The predicted octanol–water partition coefficient (Wildman–Crippen LogP) is 3.32. The third-order valence-electron chi connectivity index (χ3n) is 7.50. The number of carbonyl (C=O) groups is 3. The largest absolute Gasteiger partial charge is 0.471 e. The molecule has 0 radical (unpaired) electrons. The van der Waals surface area contributed by atoms with Crippen LogP contribution in [0.4, 0.5) is 23.7 Å². The molecule has 16 heteroatoms. The number of primary amides is 1. The van der Waals surface area contributed by atoms with Gasteiger partial charge in [0.1, 0.15) is 12.6 Å². The standard InChI is InChI=1S/C30H35F3N6O5.C2H4O2/c1-19-25(27(41)43-4)26(38(29(36)42)28(35)37(19)23-7-5-6-22(17-23)30(31,32)33)24-9-8-20(18-34)16-21(24)10-11-39(2,3)12-14-44-15-13-40;1-4-2-3/h5-9,16-17,26,35,40H,10-15H2,1-4H3,(H-,36,42);2H,1H3/p+1/t26-;/m1./s1. The summed E-state index contributed by atoms with van der Waals surface area (Å²) in [7, 11) is 6.38. The lowest BCUT2D eigenvalue weighted by Crippen LogP contribution is -2.55. The fourth-order valence-electron chi connectivity index (χ4n) is 5.04. The number of hydrogen-bond acceptors (Lipinski definition) is 9. The van der Waals surface area contributed by atoms with E-state index in [4.69, 9.17) is 30.5 Å². The fourth-order valence-corrected chi connectivity index (χ4v) is 5.04. The van der Waals surface area contributed by atoms with Gasteiger partial charge >= 0.3 is 18.2 Å². The van der Waals surface area contributed by atoms with Crippen molar-refractivity contribution in [3.05, 3.63) is 76.0 Å². The Morgan fingerprint density at radius 2 is 1.81 bits per heavy atom. The van der Waals surface area contributed by atoms with E-state index in [0.29, 0.717) is 53.8 Å². The minimum Gasteiger partial charge on any atom is -0.471 e. The summed E-state index contributed by atoms with van der Waals surface area (Å²) >= 11 is 0. The van der Waals surface area contributed by atoms with E-state index in [-0.39, 0.29) is 30.2 Å². The summed E-state index contributed by atoms with van der Waals surface area (Å²) in [5.74, 6) is -1.45. The predicted molar refractivity (Wildman–Crippen MR) is 168 cm³/mol. The number of benzene rings is 2. The van der Waals surface area contributed by atoms with Gasteiger partial charge in [-0.05, 0) is 48.4 Å². The van der Waals surface area contributed by atoms with Crippen LogP contribution in [-0.2, 0) is 36.4 Å². The lowest BCUT2D eigenvalue weighted by Gasteiger charge is -2.43. The molecule has 0 bridgehead atoms. The monoisotopic (exact) mass is 677 g/mol. The van der Waals surface area contributed by atoms with Gasteiger partial charge in [-0.3, -0.25) is 20.0 Å². The zero-order chi connectivity index (χ0) is 36.2. The number of likely N-dealkylation sites (N-methyl/N-ethyl adjacent to an activating group) is 1. The Kier molecular flexibility index (Phi) is 14.1. The molecule has 0 fully saturated rings. The molecule has 0 aromatic heterocycles. The summed E-state index contributed by atoms with van der Waals surface area (Å²) in [4.78, 5) is 37.1. The van der Waals surface area contributed by atoms with Crippen molar-refractivity contribution < 1.29 is 51.4 Å². The molecule has 48 heavy (non-hydrogen) atoms. The second kappa shape index (κ2) is 17.3. The molecule has 260 valence electrons. The molecule has 2 aromatic rings. The Morgan fingerprint density at radius 1 is 1.15 bits per heavy atom. The van der Waals surface area contributed by atoms with E-state index in [1.807, 2.05) is 14.1 Å². The summed E-state index contributed by atoms with van der Waals surface area (Å²) in [6, 6.07) is 8.54. The van der Waals surface area contributed by atoms with Gasteiger partial charge in [-0.1, -0.05) is 12.1 Å². The molecular weight excluding hydrogens is 637 g/mol. The van der Waals surface area contributed by atoms with Gasteiger partial charge < -0.3 is 29.5 Å². The second-order valence-corrected chi connectivity index (χ2v) is 11.1. The van der Waals surface area contributed by atoms with E-state index in [1.165, 1.54) is 26.2 Å². The molecule has 0 unspecified atom stereocenters. The maximum absolute atomic E-state index is 13.6. The maximum Gasteiger partial charge on any atom is 0.416 e. The van der Waals surface area contributed by atoms with E-state index < -0.39 is 35.7 Å². The molecular formula is C32H40F3N6O7+. The van der Waals surface area contributed by atoms with Crippen molar-refractivity contribution >= 4 is 30.1 Å². The summed E-state index contributed by atoms with van der Waals surface area (Å²) in [6.45, 7) is 3.48. The van der Waals surface area contributed by atoms with Gasteiger partial charge in [-0.2, -0.15) is 18.4 Å². The number of nitriles is 1. The number of allylic oxidation sites excluding steroid dienone is 1. The number of amides is 2. The van der Waals surface area contributed by atoms with Crippen molar-refractivity contribution in [2.75, 3.05) is 66.1 Å². The topological polar surface area (TPSA) is 179 Å². The van der Waals surface area contributed by atoms with Gasteiger partial charge in [0, 0.05) is 17.8 Å². The number of urea groups is 1. The Morgan fingerprint density at radius 3 is 2.35 bits per heavy atom. The van der Waals surface area contributed by atoms with Crippen molar-refractivity contribution in [2.24, 2.45) is 5.73 Å². The molecule has 0 aliphatic carbocycles. The number of carbonyl (C=O) groups excluding carboxylic acids is 3. The number of rotatable bonds is 12. The summed E-state index contributed by atoms with van der Waals surface area (Å²) in [5, 5.41) is 27.5. The number of nitrogens with zero attached hydrogens (tertiary/aromatic N) is 4. The number of methoxy groups -OCH3 is 2. The number of nitrogens with one attached hydrogen (secondary N) is 1. The first-order valence-corrected chi connectivity index (χ1v) is 14.5. The minimum atomic E-state index is -4.68. The van der Waals surface area contributed by atoms with Gasteiger partial charge in [0.05, 0.1) is 77.4 Å². The van der Waals surface area contributed by atoms with Gasteiger partial charge in [-0.15, -0.1) is 0 Å². The van der Waals surface area contributed by atoms with Gasteiger partial charge in [0.25, 0.3) is 6.47 Å². The molecule has 1 aliphatic heterocycles. The van der Waals surface area contributed by atoms with Gasteiger partial charge in [0.2, 0.25) is 5.96 Å². The average Bonchev–Trinajstić information content (AvgIpc) is 3.04. The minimum absolute atomic E-state index is 0.0659. The highest BCUT2D eigenvalue weighted by molar-refractivity contribution is 6.10. The van der Waals surface area contributed by atoms with E-state index >= 15 is 0 Å². The van der Waals surface area contributed by atoms with Crippen LogP contribution < -0.4 is 10.6 Å². The molecule has 0 saturated heterocycles. The van der Waals surface area contributed by atoms with Crippen LogP contribution in [0.15, 0.2) is 53.7 Å². The Balaban J connectivity index is 0.00000189. The first-order valence-electron chi connectivity index (χ1n) is 14.5. The highest BCUT2D eigenvalue weighted by Gasteiger charge is 2.44. The average molecular weight is 678 g/mol. The van der Waals surface area contributed by atoms with Crippen LogP contribution in [0.2, 0.25) is 0 Å². The number of anilines is 1. The maximum atomic E-state index is 13.6. The number of halogens is 3. The van der Waals surface area contributed by atoms with Crippen molar-refractivity contribution in [3.8, 4) is 6.07 Å². The zero-order valence-corrected chi connectivity index (χ0v) is 27.3. The zero-order valence-electron chi connectivity index (χ0n) is 27.3. The Labute approximate surface area is 276 Å². The lowest BCUT2D eigenvalue weighted by atomic mass is 9.87. The first kappa shape index (κ1) is 39.2. The number of nitrogens with two attached hydrogens (primary N) is 1.